The van der Waals surface area contributed by atoms with Crippen molar-refractivity contribution < 1.29 is 8.42 Å². The topological polar surface area (TPSA) is 72.2 Å². The monoisotopic (exact) mass is 206 g/mol. The third kappa shape index (κ3) is 4.06. The van der Waals surface area contributed by atoms with E-state index in [0.29, 0.717) is 12.3 Å². The van der Waals surface area contributed by atoms with Gasteiger partial charge in [0, 0.05) is 12.3 Å². The lowest BCUT2D eigenvalue weighted by Crippen LogP contribution is -2.45. The van der Waals surface area contributed by atoms with Crippen molar-refractivity contribution in [2.45, 2.75) is 18.9 Å². The van der Waals surface area contributed by atoms with Gasteiger partial charge in [0.15, 0.2) is 0 Å². The molecular weight excluding hydrogens is 188 g/mol. The predicted octanol–water partition coefficient (Wildman–Crippen LogP) is -0.642. The van der Waals surface area contributed by atoms with Crippen LogP contribution in [0.5, 0.6) is 0 Å². The van der Waals surface area contributed by atoms with Crippen molar-refractivity contribution in [1.29, 1.82) is 0 Å². The van der Waals surface area contributed by atoms with Gasteiger partial charge in [-0.2, -0.15) is 0 Å². The van der Waals surface area contributed by atoms with E-state index in [0.717, 1.165) is 19.5 Å². The minimum absolute atomic E-state index is 0.169. The van der Waals surface area contributed by atoms with E-state index in [2.05, 4.69) is 5.32 Å². The lowest BCUT2D eigenvalue weighted by atomic mass is 9.92. The van der Waals surface area contributed by atoms with Gasteiger partial charge in [-0.05, 0) is 31.8 Å². The Balaban J connectivity index is 2.35. The van der Waals surface area contributed by atoms with E-state index < -0.39 is 9.84 Å². The lowest BCUT2D eigenvalue weighted by Gasteiger charge is -2.28. The standard InChI is InChI=1S/C8H18N2O2S/c1-13(11,12)5-3-7-6-10-4-2-8(7)9/h7-8,10H,2-6,9H2,1H3. The van der Waals surface area contributed by atoms with E-state index in [9.17, 15) is 8.42 Å². The Bertz CT molecular complexity index is 251. The van der Waals surface area contributed by atoms with Crippen molar-refractivity contribution in [2.75, 3.05) is 25.1 Å². The zero-order chi connectivity index (χ0) is 9.90. The Hall–Kier alpha value is -0.130. The van der Waals surface area contributed by atoms with Gasteiger partial charge in [0.05, 0.1) is 5.75 Å². The summed E-state index contributed by atoms with van der Waals surface area (Å²) in [7, 11) is -2.83. The molecular formula is C8H18N2O2S. The molecule has 0 spiro atoms. The van der Waals surface area contributed by atoms with E-state index in [1.165, 1.54) is 6.26 Å². The molecule has 0 radical (unpaired) electrons. The van der Waals surface area contributed by atoms with Crippen LogP contribution in [0.3, 0.4) is 0 Å². The van der Waals surface area contributed by atoms with Crippen molar-refractivity contribution in [1.82, 2.24) is 5.32 Å². The second kappa shape index (κ2) is 4.39. The van der Waals surface area contributed by atoms with Crippen LogP contribution >= 0.6 is 0 Å². The maximum Gasteiger partial charge on any atom is 0.147 e. The van der Waals surface area contributed by atoms with Crippen LogP contribution < -0.4 is 11.1 Å². The molecule has 13 heavy (non-hydrogen) atoms. The van der Waals surface area contributed by atoms with Crippen LogP contribution in [0.1, 0.15) is 12.8 Å². The van der Waals surface area contributed by atoms with Crippen molar-refractivity contribution >= 4 is 9.84 Å². The molecule has 0 aliphatic carbocycles. The van der Waals surface area contributed by atoms with Gasteiger partial charge >= 0.3 is 0 Å². The predicted molar refractivity (Wildman–Crippen MR) is 53.3 cm³/mol. The van der Waals surface area contributed by atoms with E-state index in [1.54, 1.807) is 0 Å². The van der Waals surface area contributed by atoms with Gasteiger partial charge < -0.3 is 11.1 Å². The summed E-state index contributed by atoms with van der Waals surface area (Å²) >= 11 is 0. The molecule has 2 atom stereocenters. The third-order valence-corrected chi connectivity index (χ3v) is 3.50. The van der Waals surface area contributed by atoms with Crippen LogP contribution in [0.25, 0.3) is 0 Å². The Labute approximate surface area is 79.8 Å². The summed E-state index contributed by atoms with van der Waals surface area (Å²) in [5, 5.41) is 3.23. The van der Waals surface area contributed by atoms with Gasteiger partial charge in [0.1, 0.15) is 9.84 Å². The zero-order valence-electron chi connectivity index (χ0n) is 7.99. The summed E-state index contributed by atoms with van der Waals surface area (Å²) in [5.74, 6) is 0.580. The number of nitrogens with two attached hydrogens (primary N) is 1. The molecule has 1 rings (SSSR count). The second-order valence-electron chi connectivity index (χ2n) is 3.84. The molecule has 5 heteroatoms. The highest BCUT2D eigenvalue weighted by Crippen LogP contribution is 2.13. The molecule has 1 aliphatic heterocycles. The minimum atomic E-state index is -2.83. The smallest absolute Gasteiger partial charge is 0.147 e. The Kier molecular flexibility index (Phi) is 3.70. The normalized spacial score (nSPS) is 30.3. The fourth-order valence-corrected chi connectivity index (χ4v) is 2.36. The van der Waals surface area contributed by atoms with E-state index in [4.69, 9.17) is 5.73 Å². The number of nitrogens with one attached hydrogen (secondary N) is 1. The quantitative estimate of drug-likeness (QED) is 0.644. The molecule has 0 aromatic carbocycles. The number of rotatable bonds is 3. The maximum atomic E-state index is 10.9. The molecule has 1 heterocycles. The van der Waals surface area contributed by atoms with Crippen LogP contribution in [-0.4, -0.2) is 39.6 Å². The van der Waals surface area contributed by atoms with Crippen LogP contribution in [0.15, 0.2) is 0 Å². The van der Waals surface area contributed by atoms with E-state index in [-0.39, 0.29) is 11.8 Å². The van der Waals surface area contributed by atoms with Gasteiger partial charge in [0.2, 0.25) is 0 Å². The number of sulfone groups is 1. The van der Waals surface area contributed by atoms with Gasteiger partial charge in [-0.15, -0.1) is 0 Å². The van der Waals surface area contributed by atoms with Gasteiger partial charge in [-0.3, -0.25) is 0 Å². The van der Waals surface area contributed by atoms with Crippen LogP contribution in [0.2, 0.25) is 0 Å². The molecule has 0 saturated carbocycles. The molecule has 0 amide bonds. The van der Waals surface area contributed by atoms with Crippen LogP contribution in [0, 0.1) is 5.92 Å². The number of piperidine rings is 1. The van der Waals surface area contributed by atoms with Crippen molar-refractivity contribution in [3.63, 3.8) is 0 Å². The Morgan fingerprint density at radius 3 is 2.77 bits per heavy atom. The van der Waals surface area contributed by atoms with Crippen LogP contribution in [0.4, 0.5) is 0 Å². The zero-order valence-corrected chi connectivity index (χ0v) is 8.81. The first-order chi connectivity index (χ1) is 5.99. The first-order valence-electron chi connectivity index (χ1n) is 4.63. The summed E-state index contributed by atoms with van der Waals surface area (Å²) in [6.07, 6.45) is 2.91. The average molecular weight is 206 g/mol. The molecule has 1 fully saturated rings. The first kappa shape index (κ1) is 10.9. The molecule has 3 N–H and O–H groups in total. The molecule has 78 valence electrons. The molecule has 1 saturated heterocycles. The molecule has 1 aliphatic rings. The summed E-state index contributed by atoms with van der Waals surface area (Å²) in [6, 6.07) is 0.169. The highest BCUT2D eigenvalue weighted by atomic mass is 32.2. The Morgan fingerprint density at radius 2 is 2.23 bits per heavy atom. The Morgan fingerprint density at radius 1 is 1.54 bits per heavy atom. The van der Waals surface area contributed by atoms with E-state index >= 15 is 0 Å². The average Bonchev–Trinajstić information content (AvgIpc) is 2.01. The summed E-state index contributed by atoms with van der Waals surface area (Å²) in [4.78, 5) is 0. The summed E-state index contributed by atoms with van der Waals surface area (Å²) < 4.78 is 21.8. The largest absolute Gasteiger partial charge is 0.327 e. The molecule has 2 unspecified atom stereocenters. The summed E-state index contributed by atoms with van der Waals surface area (Å²) in [5.41, 5.74) is 5.87. The highest BCUT2D eigenvalue weighted by Gasteiger charge is 2.22. The number of hydrogen-bond donors (Lipinski definition) is 2. The highest BCUT2D eigenvalue weighted by molar-refractivity contribution is 7.90. The van der Waals surface area contributed by atoms with E-state index in [1.807, 2.05) is 0 Å². The fraction of sp³-hybridized carbons (Fsp3) is 1.00. The van der Waals surface area contributed by atoms with Gasteiger partial charge in [-0.1, -0.05) is 0 Å². The molecule has 0 aromatic heterocycles. The van der Waals surface area contributed by atoms with Crippen molar-refractivity contribution in [2.24, 2.45) is 11.7 Å². The van der Waals surface area contributed by atoms with Crippen LogP contribution in [-0.2, 0) is 9.84 Å². The second-order valence-corrected chi connectivity index (χ2v) is 6.10. The minimum Gasteiger partial charge on any atom is -0.327 e. The molecule has 4 nitrogen and oxygen atoms in total. The van der Waals surface area contributed by atoms with Gasteiger partial charge in [0.25, 0.3) is 0 Å². The van der Waals surface area contributed by atoms with Gasteiger partial charge in [-0.25, -0.2) is 8.42 Å². The third-order valence-electron chi connectivity index (χ3n) is 2.53. The summed E-state index contributed by atoms with van der Waals surface area (Å²) in [6.45, 7) is 1.81. The lowest BCUT2D eigenvalue weighted by molar-refractivity contribution is 0.319. The maximum absolute atomic E-state index is 10.9. The first-order valence-corrected chi connectivity index (χ1v) is 6.69. The van der Waals surface area contributed by atoms with Crippen molar-refractivity contribution in [3.8, 4) is 0 Å². The number of hydrogen-bond acceptors (Lipinski definition) is 4. The molecule has 0 bridgehead atoms. The molecule has 0 aromatic rings. The van der Waals surface area contributed by atoms with Crippen molar-refractivity contribution in [3.05, 3.63) is 0 Å². The SMILES string of the molecule is CS(=O)(=O)CCC1CNCCC1N. The fourth-order valence-electron chi connectivity index (χ4n) is 1.62.